The van der Waals surface area contributed by atoms with Crippen LogP contribution in [0.25, 0.3) is 0 Å². The molecule has 0 atom stereocenters. The van der Waals surface area contributed by atoms with Crippen molar-refractivity contribution in [2.75, 3.05) is 5.33 Å². The van der Waals surface area contributed by atoms with Crippen LogP contribution in [-0.2, 0) is 0 Å². The summed E-state index contributed by atoms with van der Waals surface area (Å²) in [5.41, 5.74) is 2.16. The van der Waals surface area contributed by atoms with Crippen molar-refractivity contribution < 1.29 is 4.79 Å². The number of carbonyl (C=O) groups is 1. The van der Waals surface area contributed by atoms with E-state index in [4.69, 9.17) is 5.26 Å². The van der Waals surface area contributed by atoms with Crippen LogP contribution in [0.2, 0.25) is 0 Å². The number of carbonyl (C=O) groups excluding carboxylic acids is 1. The van der Waals surface area contributed by atoms with Crippen LogP contribution in [0.5, 0.6) is 0 Å². The van der Waals surface area contributed by atoms with E-state index in [-0.39, 0.29) is 5.78 Å². The Morgan fingerprint density at radius 1 is 1.64 bits per heavy atom. The molecule has 72 valence electrons. The van der Waals surface area contributed by atoms with Crippen LogP contribution >= 0.6 is 38.5 Å². The molecule has 0 heterocycles. The molecule has 4 heteroatoms. The quantitative estimate of drug-likeness (QED) is 0.460. The SMILES string of the molecule is Cc1cc(C#N)cc(I)c1C(=O)CBr. The maximum Gasteiger partial charge on any atom is 0.174 e. The summed E-state index contributed by atoms with van der Waals surface area (Å²) in [5.74, 6) is 0.0522. The van der Waals surface area contributed by atoms with Gasteiger partial charge in [0.1, 0.15) is 0 Å². The van der Waals surface area contributed by atoms with Gasteiger partial charge in [0.25, 0.3) is 0 Å². The first-order valence-electron chi connectivity index (χ1n) is 3.89. The lowest BCUT2D eigenvalue weighted by molar-refractivity contribution is 0.102. The highest BCUT2D eigenvalue weighted by Crippen LogP contribution is 2.20. The lowest BCUT2D eigenvalue weighted by atomic mass is 10.0. The number of hydrogen-bond donors (Lipinski definition) is 0. The number of aryl methyl sites for hydroxylation is 1. The number of alkyl halides is 1. The fraction of sp³-hybridized carbons (Fsp3) is 0.200. The van der Waals surface area contributed by atoms with Gasteiger partial charge in [-0.25, -0.2) is 0 Å². The third kappa shape index (κ3) is 2.34. The molecular weight excluding hydrogens is 357 g/mol. The van der Waals surface area contributed by atoms with Gasteiger partial charge in [-0.05, 0) is 47.2 Å². The summed E-state index contributed by atoms with van der Waals surface area (Å²) >= 11 is 5.22. The number of nitrogens with zero attached hydrogens (tertiary/aromatic N) is 1. The molecule has 14 heavy (non-hydrogen) atoms. The Morgan fingerprint density at radius 3 is 2.71 bits per heavy atom. The molecule has 0 amide bonds. The highest BCUT2D eigenvalue weighted by Gasteiger charge is 2.12. The Hall–Kier alpha value is -0.410. The second-order valence-electron chi connectivity index (χ2n) is 2.82. The van der Waals surface area contributed by atoms with Gasteiger partial charge in [0.05, 0.1) is 17.0 Å². The van der Waals surface area contributed by atoms with E-state index in [1.54, 1.807) is 12.1 Å². The van der Waals surface area contributed by atoms with Crippen molar-refractivity contribution in [1.29, 1.82) is 5.26 Å². The number of rotatable bonds is 2. The minimum Gasteiger partial charge on any atom is -0.293 e. The molecule has 0 spiro atoms. The van der Waals surface area contributed by atoms with Crippen molar-refractivity contribution in [3.8, 4) is 6.07 Å². The molecule has 0 N–H and O–H groups in total. The van der Waals surface area contributed by atoms with Gasteiger partial charge in [0.2, 0.25) is 0 Å². The van der Waals surface area contributed by atoms with E-state index in [1.807, 2.05) is 6.92 Å². The number of ketones is 1. The van der Waals surface area contributed by atoms with Crippen molar-refractivity contribution >= 4 is 44.3 Å². The van der Waals surface area contributed by atoms with Crippen LogP contribution in [0.1, 0.15) is 21.5 Å². The number of nitriles is 1. The van der Waals surface area contributed by atoms with Crippen molar-refractivity contribution in [3.05, 3.63) is 32.4 Å². The molecule has 1 aromatic carbocycles. The molecule has 0 aliphatic heterocycles. The number of hydrogen-bond acceptors (Lipinski definition) is 2. The standard InChI is InChI=1S/C10H7BrINO/c1-6-2-7(5-13)3-8(12)10(6)9(14)4-11/h2-3H,4H2,1H3. The molecule has 0 unspecified atom stereocenters. The minimum absolute atomic E-state index is 0.0522. The van der Waals surface area contributed by atoms with E-state index in [0.717, 1.165) is 9.13 Å². The molecule has 0 bridgehead atoms. The lowest BCUT2D eigenvalue weighted by Gasteiger charge is -2.06. The monoisotopic (exact) mass is 363 g/mol. The zero-order valence-electron chi connectivity index (χ0n) is 7.47. The Morgan fingerprint density at radius 2 is 2.29 bits per heavy atom. The molecule has 0 saturated heterocycles. The van der Waals surface area contributed by atoms with Crippen LogP contribution in [0.15, 0.2) is 12.1 Å². The van der Waals surface area contributed by atoms with E-state index < -0.39 is 0 Å². The van der Waals surface area contributed by atoms with Gasteiger partial charge >= 0.3 is 0 Å². The fourth-order valence-corrected chi connectivity index (χ4v) is 2.57. The molecule has 0 saturated carbocycles. The van der Waals surface area contributed by atoms with Gasteiger partial charge in [-0.3, -0.25) is 4.79 Å². The van der Waals surface area contributed by atoms with Crippen LogP contribution in [0, 0.1) is 21.8 Å². The Kier molecular flexibility index (Phi) is 4.08. The zero-order chi connectivity index (χ0) is 10.7. The first-order valence-corrected chi connectivity index (χ1v) is 6.09. The molecule has 2 nitrogen and oxygen atoms in total. The van der Waals surface area contributed by atoms with E-state index in [1.165, 1.54) is 0 Å². The second kappa shape index (κ2) is 4.89. The van der Waals surface area contributed by atoms with Gasteiger partial charge in [-0.15, -0.1) is 0 Å². The summed E-state index contributed by atoms with van der Waals surface area (Å²) in [6.45, 7) is 1.85. The molecule has 1 aromatic rings. The molecular formula is C10H7BrINO. The van der Waals surface area contributed by atoms with E-state index in [0.29, 0.717) is 16.5 Å². The summed E-state index contributed by atoms with van der Waals surface area (Å²) in [6.07, 6.45) is 0. The topological polar surface area (TPSA) is 40.9 Å². The Labute approximate surface area is 105 Å². The third-order valence-electron chi connectivity index (χ3n) is 1.82. The second-order valence-corrected chi connectivity index (χ2v) is 4.54. The summed E-state index contributed by atoms with van der Waals surface area (Å²) in [5, 5.41) is 9.04. The average molecular weight is 364 g/mol. The average Bonchev–Trinajstić information content (AvgIpc) is 2.16. The van der Waals surface area contributed by atoms with Crippen LogP contribution in [0.3, 0.4) is 0 Å². The smallest absolute Gasteiger partial charge is 0.174 e. The minimum atomic E-state index is 0.0522. The summed E-state index contributed by atoms with van der Waals surface area (Å²) < 4.78 is 0.837. The fourth-order valence-electron chi connectivity index (χ4n) is 1.23. The third-order valence-corrected chi connectivity index (χ3v) is 3.18. The zero-order valence-corrected chi connectivity index (χ0v) is 11.2. The molecule has 0 aromatic heterocycles. The first-order chi connectivity index (χ1) is 6.60. The van der Waals surface area contributed by atoms with Gasteiger partial charge in [-0.2, -0.15) is 5.26 Å². The summed E-state index contributed by atoms with van der Waals surface area (Å²) in [6, 6.07) is 5.52. The number of benzene rings is 1. The van der Waals surface area contributed by atoms with E-state index in [9.17, 15) is 4.79 Å². The maximum atomic E-state index is 11.5. The van der Waals surface area contributed by atoms with Crippen LogP contribution in [0.4, 0.5) is 0 Å². The van der Waals surface area contributed by atoms with Crippen LogP contribution < -0.4 is 0 Å². The molecule has 1 rings (SSSR count). The molecule has 0 aliphatic rings. The molecule has 0 aliphatic carbocycles. The highest BCUT2D eigenvalue weighted by atomic mass is 127. The van der Waals surface area contributed by atoms with Gasteiger partial charge in [0.15, 0.2) is 5.78 Å². The van der Waals surface area contributed by atoms with Crippen molar-refractivity contribution in [2.45, 2.75) is 6.92 Å². The lowest BCUT2D eigenvalue weighted by Crippen LogP contribution is -2.06. The van der Waals surface area contributed by atoms with Crippen molar-refractivity contribution in [3.63, 3.8) is 0 Å². The van der Waals surface area contributed by atoms with Crippen molar-refractivity contribution in [1.82, 2.24) is 0 Å². The molecule has 0 fully saturated rings. The highest BCUT2D eigenvalue weighted by molar-refractivity contribution is 14.1. The van der Waals surface area contributed by atoms with E-state index in [2.05, 4.69) is 44.6 Å². The largest absolute Gasteiger partial charge is 0.293 e. The van der Waals surface area contributed by atoms with Crippen molar-refractivity contribution in [2.24, 2.45) is 0 Å². The maximum absolute atomic E-state index is 11.5. The summed E-state index contributed by atoms with van der Waals surface area (Å²) in [4.78, 5) is 11.5. The van der Waals surface area contributed by atoms with Crippen LogP contribution in [-0.4, -0.2) is 11.1 Å². The number of Topliss-reactive ketones (excluding diaryl/α,β-unsaturated/α-hetero) is 1. The van der Waals surface area contributed by atoms with Gasteiger partial charge < -0.3 is 0 Å². The summed E-state index contributed by atoms with van der Waals surface area (Å²) in [7, 11) is 0. The van der Waals surface area contributed by atoms with E-state index >= 15 is 0 Å². The van der Waals surface area contributed by atoms with Gasteiger partial charge in [0, 0.05) is 9.13 Å². The molecule has 0 radical (unpaired) electrons. The normalized spacial score (nSPS) is 9.57. The Bertz CT molecular complexity index is 400. The predicted octanol–water partition coefficient (Wildman–Crippen LogP) is 3.05. The predicted molar refractivity (Wildman–Crippen MR) is 66.7 cm³/mol. The number of halogens is 2. The Balaban J connectivity index is 3.34. The van der Waals surface area contributed by atoms with Gasteiger partial charge in [-0.1, -0.05) is 15.9 Å². The first kappa shape index (κ1) is 11.7.